The zero-order valence-electron chi connectivity index (χ0n) is 22.4. The lowest BCUT2D eigenvalue weighted by Gasteiger charge is -2.19. The molecule has 9 nitrogen and oxygen atoms in total. The molecule has 0 aliphatic rings. The molecule has 10 heteroatoms. The number of anilines is 5. The second kappa shape index (κ2) is 10.7. The van der Waals surface area contributed by atoms with Crippen molar-refractivity contribution in [2.45, 2.75) is 19.2 Å². The van der Waals surface area contributed by atoms with Gasteiger partial charge in [0.05, 0.1) is 16.8 Å². The lowest BCUT2D eigenvalue weighted by atomic mass is 10.1. The number of fused-ring (bicyclic) bond motifs is 1. The van der Waals surface area contributed by atoms with Gasteiger partial charge >= 0.3 is 0 Å². The molecule has 0 spiro atoms. The number of nitrogens with zero attached hydrogens (tertiary/aromatic N) is 5. The number of hydrogen-bond donors (Lipinski definition) is 2. The molecule has 0 aliphatic carbocycles. The third-order valence-corrected chi connectivity index (χ3v) is 7.30. The maximum atomic E-state index is 11.5. The van der Waals surface area contributed by atoms with Crippen molar-refractivity contribution < 1.29 is 8.42 Å². The van der Waals surface area contributed by atoms with E-state index in [1.54, 1.807) is 18.3 Å². The van der Waals surface area contributed by atoms with Gasteiger partial charge in [0, 0.05) is 44.5 Å². The first-order chi connectivity index (χ1) is 18.6. The average Bonchev–Trinajstić information content (AvgIpc) is 3.23. The summed E-state index contributed by atoms with van der Waals surface area (Å²) in [5, 5.41) is 6.63. The van der Waals surface area contributed by atoms with Crippen LogP contribution >= 0.6 is 0 Å². The summed E-state index contributed by atoms with van der Waals surface area (Å²) in [6.07, 6.45) is 2.93. The molecule has 0 bridgehead atoms. The summed E-state index contributed by atoms with van der Waals surface area (Å²) in [5.74, 6) is 1.97. The average molecular weight is 542 g/mol. The van der Waals surface area contributed by atoms with Gasteiger partial charge in [-0.15, -0.1) is 0 Å². The van der Waals surface area contributed by atoms with E-state index in [-0.39, 0.29) is 5.75 Å². The molecule has 0 aliphatic heterocycles. The van der Waals surface area contributed by atoms with Crippen LogP contribution in [0.4, 0.5) is 29.1 Å². The van der Waals surface area contributed by atoms with E-state index in [9.17, 15) is 8.42 Å². The van der Waals surface area contributed by atoms with Gasteiger partial charge in [0.1, 0.15) is 5.82 Å². The first-order valence-corrected chi connectivity index (χ1v) is 14.6. The third kappa shape index (κ3) is 6.35. The molecular formula is C29H31N7O2S. The van der Waals surface area contributed by atoms with E-state index in [1.165, 1.54) is 17.4 Å². The van der Waals surface area contributed by atoms with Crippen LogP contribution < -0.4 is 15.5 Å². The van der Waals surface area contributed by atoms with Crippen LogP contribution in [0, 0.1) is 6.92 Å². The SMILES string of the molecule is Cc1ccc(CNc2nc3cc(N(C)c4ccnc(Nc5ccc(CS(C)(=O)=O)cc5)n4)ccc3n2C)cc1. The standard InChI is InChI=1S/C29H31N7O2S/c1-20-5-7-21(8-6-20)18-31-29-33-25-17-24(13-14-26(25)36(29)3)35(2)27-15-16-30-28(34-27)32-23-11-9-22(10-12-23)19-39(4,37)38/h5-17H,18-19H2,1-4H3,(H,31,33)(H,30,32,34). The monoisotopic (exact) mass is 541 g/mol. The Bertz CT molecular complexity index is 1710. The number of nitrogens with one attached hydrogen (secondary N) is 2. The van der Waals surface area contributed by atoms with Crippen molar-refractivity contribution in [1.82, 2.24) is 19.5 Å². The largest absolute Gasteiger partial charge is 0.352 e. The molecule has 0 atom stereocenters. The van der Waals surface area contributed by atoms with Crippen molar-refractivity contribution in [3.8, 4) is 0 Å². The Morgan fingerprint density at radius 1 is 0.923 bits per heavy atom. The minimum absolute atomic E-state index is 0.00891. The van der Waals surface area contributed by atoms with Gasteiger partial charge in [0.25, 0.3) is 0 Å². The van der Waals surface area contributed by atoms with E-state index in [1.807, 2.05) is 49.3 Å². The van der Waals surface area contributed by atoms with Gasteiger partial charge in [-0.1, -0.05) is 42.0 Å². The highest BCUT2D eigenvalue weighted by Crippen LogP contribution is 2.28. The molecule has 3 aromatic carbocycles. The fraction of sp³-hybridized carbons (Fsp3) is 0.207. The number of imidazole rings is 1. The molecule has 0 radical (unpaired) electrons. The van der Waals surface area contributed by atoms with E-state index in [2.05, 4.69) is 62.4 Å². The fourth-order valence-corrected chi connectivity index (χ4v) is 5.08. The van der Waals surface area contributed by atoms with Crippen molar-refractivity contribution >= 4 is 50.0 Å². The van der Waals surface area contributed by atoms with E-state index in [4.69, 9.17) is 4.98 Å². The smallest absolute Gasteiger partial charge is 0.229 e. The van der Waals surface area contributed by atoms with Crippen molar-refractivity contribution in [2.75, 3.05) is 28.8 Å². The number of aromatic nitrogens is 4. The molecule has 0 saturated heterocycles. The molecule has 2 aromatic heterocycles. The highest BCUT2D eigenvalue weighted by atomic mass is 32.2. The lowest BCUT2D eigenvalue weighted by Crippen LogP contribution is -2.12. The van der Waals surface area contributed by atoms with E-state index in [0.29, 0.717) is 18.3 Å². The number of benzene rings is 3. The van der Waals surface area contributed by atoms with Gasteiger partial charge in [0.2, 0.25) is 11.9 Å². The Labute approximate surface area is 228 Å². The molecule has 2 N–H and O–H groups in total. The van der Waals surface area contributed by atoms with E-state index < -0.39 is 9.84 Å². The summed E-state index contributed by atoms with van der Waals surface area (Å²) >= 11 is 0. The molecule has 0 fully saturated rings. The fourth-order valence-electron chi connectivity index (χ4n) is 4.29. The van der Waals surface area contributed by atoms with Crippen LogP contribution in [0.1, 0.15) is 16.7 Å². The first-order valence-electron chi connectivity index (χ1n) is 12.5. The zero-order valence-corrected chi connectivity index (χ0v) is 23.2. The maximum Gasteiger partial charge on any atom is 0.229 e. The summed E-state index contributed by atoms with van der Waals surface area (Å²) in [5.41, 5.74) is 6.80. The Morgan fingerprint density at radius 2 is 1.64 bits per heavy atom. The predicted octanol–water partition coefficient (Wildman–Crippen LogP) is 5.34. The topological polar surface area (TPSA) is 105 Å². The quantitative estimate of drug-likeness (QED) is 0.258. The van der Waals surface area contributed by atoms with Crippen LogP contribution in [0.2, 0.25) is 0 Å². The van der Waals surface area contributed by atoms with Crippen molar-refractivity contribution in [3.05, 3.63) is 95.7 Å². The van der Waals surface area contributed by atoms with E-state index >= 15 is 0 Å². The molecule has 2 heterocycles. The number of sulfone groups is 1. The summed E-state index contributed by atoms with van der Waals surface area (Å²) in [4.78, 5) is 15.8. The van der Waals surface area contributed by atoms with Crippen molar-refractivity contribution in [2.24, 2.45) is 7.05 Å². The number of hydrogen-bond acceptors (Lipinski definition) is 8. The van der Waals surface area contributed by atoms with Crippen LogP contribution in [-0.2, 0) is 29.2 Å². The molecule has 0 amide bonds. The highest BCUT2D eigenvalue weighted by Gasteiger charge is 2.13. The van der Waals surface area contributed by atoms with Gasteiger partial charge < -0.3 is 20.1 Å². The minimum Gasteiger partial charge on any atom is -0.352 e. The minimum atomic E-state index is -3.08. The van der Waals surface area contributed by atoms with Crippen LogP contribution in [0.25, 0.3) is 11.0 Å². The van der Waals surface area contributed by atoms with E-state index in [0.717, 1.165) is 33.9 Å². The van der Waals surface area contributed by atoms with Crippen LogP contribution in [0.15, 0.2) is 79.0 Å². The summed E-state index contributed by atoms with van der Waals surface area (Å²) in [6, 6.07) is 23.7. The van der Waals surface area contributed by atoms with Crippen molar-refractivity contribution in [1.29, 1.82) is 0 Å². The molecule has 0 unspecified atom stereocenters. The lowest BCUT2D eigenvalue weighted by molar-refractivity contribution is 0.601. The Morgan fingerprint density at radius 3 is 2.36 bits per heavy atom. The Balaban J connectivity index is 1.30. The van der Waals surface area contributed by atoms with Gasteiger partial charge in [-0.2, -0.15) is 4.98 Å². The van der Waals surface area contributed by atoms with Crippen LogP contribution in [0.3, 0.4) is 0 Å². The normalized spacial score (nSPS) is 11.5. The number of rotatable bonds is 9. The van der Waals surface area contributed by atoms with Gasteiger partial charge in [0.15, 0.2) is 9.84 Å². The molecule has 200 valence electrons. The maximum absolute atomic E-state index is 11.5. The third-order valence-electron chi connectivity index (χ3n) is 6.45. The zero-order chi connectivity index (χ0) is 27.6. The van der Waals surface area contributed by atoms with Crippen LogP contribution in [0.5, 0.6) is 0 Å². The second-order valence-electron chi connectivity index (χ2n) is 9.70. The highest BCUT2D eigenvalue weighted by molar-refractivity contribution is 7.89. The first kappa shape index (κ1) is 26.2. The van der Waals surface area contributed by atoms with Crippen molar-refractivity contribution in [3.63, 3.8) is 0 Å². The summed E-state index contributed by atoms with van der Waals surface area (Å²) in [7, 11) is 0.876. The predicted molar refractivity (Wildman–Crippen MR) is 158 cm³/mol. The van der Waals surface area contributed by atoms with Gasteiger partial charge in [-0.05, 0) is 54.4 Å². The molecule has 39 heavy (non-hydrogen) atoms. The second-order valence-corrected chi connectivity index (χ2v) is 11.8. The van der Waals surface area contributed by atoms with Gasteiger partial charge in [-0.25, -0.2) is 18.4 Å². The number of aryl methyl sites for hydroxylation is 2. The van der Waals surface area contributed by atoms with Gasteiger partial charge in [-0.3, -0.25) is 0 Å². The molecule has 5 aromatic rings. The molecular weight excluding hydrogens is 510 g/mol. The Kier molecular flexibility index (Phi) is 7.21. The summed E-state index contributed by atoms with van der Waals surface area (Å²) in [6.45, 7) is 2.78. The van der Waals surface area contributed by atoms with Crippen LogP contribution in [-0.4, -0.2) is 41.2 Å². The molecule has 5 rings (SSSR count). The molecule has 0 saturated carbocycles. The summed E-state index contributed by atoms with van der Waals surface area (Å²) < 4.78 is 25.1. The Hall–Kier alpha value is -4.44.